The molecule has 1 rings (SSSR count). The SMILES string of the molecule is [CH2]CCCCOC1CC1. The highest BCUT2D eigenvalue weighted by molar-refractivity contribution is 4.72. The first-order valence-electron chi connectivity index (χ1n) is 3.84. The fraction of sp³-hybridized carbons (Fsp3) is 0.875. The maximum Gasteiger partial charge on any atom is 0.0577 e. The summed E-state index contributed by atoms with van der Waals surface area (Å²) in [5.74, 6) is 0. The Bertz CT molecular complexity index is 67.0. The highest BCUT2D eigenvalue weighted by Crippen LogP contribution is 2.23. The summed E-state index contributed by atoms with van der Waals surface area (Å²) in [6.07, 6.45) is 6.69. The van der Waals surface area contributed by atoms with Crippen LogP contribution in [-0.4, -0.2) is 12.7 Å². The first-order valence-corrected chi connectivity index (χ1v) is 3.84. The molecule has 0 saturated heterocycles. The van der Waals surface area contributed by atoms with Gasteiger partial charge in [-0.15, -0.1) is 0 Å². The van der Waals surface area contributed by atoms with Gasteiger partial charge in [-0.1, -0.05) is 19.8 Å². The van der Waals surface area contributed by atoms with Crippen LogP contribution in [0.1, 0.15) is 32.1 Å². The average molecular weight is 127 g/mol. The van der Waals surface area contributed by atoms with Gasteiger partial charge in [0.2, 0.25) is 0 Å². The van der Waals surface area contributed by atoms with Crippen LogP contribution in [0, 0.1) is 6.92 Å². The lowest BCUT2D eigenvalue weighted by Gasteiger charge is -1.98. The van der Waals surface area contributed by atoms with Crippen LogP contribution in [0.2, 0.25) is 0 Å². The second-order valence-corrected chi connectivity index (χ2v) is 2.63. The van der Waals surface area contributed by atoms with E-state index in [1.807, 2.05) is 0 Å². The molecule has 0 unspecified atom stereocenters. The Morgan fingerprint density at radius 1 is 1.33 bits per heavy atom. The summed E-state index contributed by atoms with van der Waals surface area (Å²) in [5, 5.41) is 0. The number of rotatable bonds is 5. The summed E-state index contributed by atoms with van der Waals surface area (Å²) in [6, 6.07) is 0. The molecule has 0 aromatic heterocycles. The monoisotopic (exact) mass is 127 g/mol. The van der Waals surface area contributed by atoms with E-state index in [0.29, 0.717) is 6.10 Å². The van der Waals surface area contributed by atoms with Crippen LogP contribution in [0.5, 0.6) is 0 Å². The van der Waals surface area contributed by atoms with Crippen LogP contribution in [0.4, 0.5) is 0 Å². The molecule has 1 aliphatic carbocycles. The molecule has 1 radical (unpaired) electrons. The van der Waals surface area contributed by atoms with E-state index < -0.39 is 0 Å². The fourth-order valence-electron chi connectivity index (χ4n) is 0.764. The Hall–Kier alpha value is -0.0400. The van der Waals surface area contributed by atoms with E-state index in [9.17, 15) is 0 Å². The van der Waals surface area contributed by atoms with Crippen molar-refractivity contribution < 1.29 is 4.74 Å². The molecule has 1 fully saturated rings. The van der Waals surface area contributed by atoms with Gasteiger partial charge >= 0.3 is 0 Å². The minimum atomic E-state index is 0.634. The number of hydrogen-bond donors (Lipinski definition) is 0. The summed E-state index contributed by atoms with van der Waals surface area (Å²) < 4.78 is 5.43. The lowest BCUT2D eigenvalue weighted by molar-refractivity contribution is 0.116. The summed E-state index contributed by atoms with van der Waals surface area (Å²) in [5.41, 5.74) is 0. The quantitative estimate of drug-likeness (QED) is 0.514. The van der Waals surface area contributed by atoms with E-state index in [0.717, 1.165) is 13.0 Å². The molecular weight excluding hydrogens is 112 g/mol. The van der Waals surface area contributed by atoms with Gasteiger partial charge in [0, 0.05) is 6.61 Å². The predicted molar refractivity (Wildman–Crippen MR) is 38.2 cm³/mol. The highest BCUT2D eigenvalue weighted by Gasteiger charge is 2.21. The zero-order valence-electron chi connectivity index (χ0n) is 5.94. The number of ether oxygens (including phenoxy) is 1. The summed E-state index contributed by atoms with van der Waals surface area (Å²) in [6.45, 7) is 4.72. The molecule has 0 spiro atoms. The summed E-state index contributed by atoms with van der Waals surface area (Å²) >= 11 is 0. The van der Waals surface area contributed by atoms with Crippen molar-refractivity contribution in [3.8, 4) is 0 Å². The van der Waals surface area contributed by atoms with Gasteiger partial charge in [0.1, 0.15) is 0 Å². The van der Waals surface area contributed by atoms with Gasteiger partial charge in [-0.05, 0) is 19.3 Å². The van der Waals surface area contributed by atoms with Gasteiger partial charge in [0.05, 0.1) is 6.10 Å². The third-order valence-corrected chi connectivity index (χ3v) is 1.52. The molecule has 0 aromatic carbocycles. The Kier molecular flexibility index (Phi) is 3.05. The van der Waals surface area contributed by atoms with Crippen LogP contribution >= 0.6 is 0 Å². The highest BCUT2D eigenvalue weighted by atomic mass is 16.5. The number of hydrogen-bond acceptors (Lipinski definition) is 1. The molecule has 1 nitrogen and oxygen atoms in total. The van der Waals surface area contributed by atoms with E-state index in [-0.39, 0.29) is 0 Å². The van der Waals surface area contributed by atoms with E-state index in [1.165, 1.54) is 25.7 Å². The van der Waals surface area contributed by atoms with Gasteiger partial charge in [-0.2, -0.15) is 0 Å². The van der Waals surface area contributed by atoms with Crippen molar-refractivity contribution in [2.45, 2.75) is 38.2 Å². The van der Waals surface area contributed by atoms with E-state index in [4.69, 9.17) is 4.74 Å². The van der Waals surface area contributed by atoms with Crippen molar-refractivity contribution in [1.82, 2.24) is 0 Å². The van der Waals surface area contributed by atoms with Crippen LogP contribution < -0.4 is 0 Å². The lowest BCUT2D eigenvalue weighted by atomic mass is 10.3. The first kappa shape index (κ1) is 7.07. The van der Waals surface area contributed by atoms with Gasteiger partial charge in [0.15, 0.2) is 0 Å². The topological polar surface area (TPSA) is 9.23 Å². The standard InChI is InChI=1S/C8H15O/c1-2-3-4-7-9-8-5-6-8/h8H,1-7H2. The fourth-order valence-corrected chi connectivity index (χ4v) is 0.764. The molecule has 0 aromatic rings. The van der Waals surface area contributed by atoms with Gasteiger partial charge in [-0.3, -0.25) is 0 Å². The van der Waals surface area contributed by atoms with E-state index >= 15 is 0 Å². The average Bonchev–Trinajstić information content (AvgIpc) is 2.63. The van der Waals surface area contributed by atoms with Crippen LogP contribution in [0.25, 0.3) is 0 Å². The zero-order chi connectivity index (χ0) is 6.53. The van der Waals surface area contributed by atoms with Crippen molar-refractivity contribution in [3.63, 3.8) is 0 Å². The Balaban J connectivity index is 1.71. The lowest BCUT2D eigenvalue weighted by Crippen LogP contribution is -1.95. The molecular formula is C8H15O. The Morgan fingerprint density at radius 2 is 2.11 bits per heavy atom. The maximum absolute atomic E-state index is 5.43. The normalized spacial score (nSPS) is 18.3. The third-order valence-electron chi connectivity index (χ3n) is 1.52. The van der Waals surface area contributed by atoms with Gasteiger partial charge in [-0.25, -0.2) is 0 Å². The molecule has 1 heteroatoms. The van der Waals surface area contributed by atoms with Crippen molar-refractivity contribution in [2.24, 2.45) is 0 Å². The first-order chi connectivity index (χ1) is 4.43. The van der Waals surface area contributed by atoms with Crippen molar-refractivity contribution in [3.05, 3.63) is 6.92 Å². The van der Waals surface area contributed by atoms with Crippen LogP contribution in [-0.2, 0) is 4.74 Å². The van der Waals surface area contributed by atoms with Crippen molar-refractivity contribution >= 4 is 0 Å². The second-order valence-electron chi connectivity index (χ2n) is 2.63. The van der Waals surface area contributed by atoms with Crippen molar-refractivity contribution in [2.75, 3.05) is 6.61 Å². The van der Waals surface area contributed by atoms with E-state index in [1.54, 1.807) is 0 Å². The van der Waals surface area contributed by atoms with Crippen LogP contribution in [0.3, 0.4) is 0 Å². The molecule has 1 aliphatic rings. The van der Waals surface area contributed by atoms with Crippen LogP contribution in [0.15, 0.2) is 0 Å². The predicted octanol–water partition coefficient (Wildman–Crippen LogP) is 2.17. The van der Waals surface area contributed by atoms with Gasteiger partial charge in [0.25, 0.3) is 0 Å². The Morgan fingerprint density at radius 3 is 2.67 bits per heavy atom. The Labute approximate surface area is 57.4 Å². The molecule has 53 valence electrons. The molecule has 0 aliphatic heterocycles. The summed E-state index contributed by atoms with van der Waals surface area (Å²) in [7, 11) is 0. The number of unbranched alkanes of at least 4 members (excludes halogenated alkanes) is 2. The molecule has 9 heavy (non-hydrogen) atoms. The molecule has 0 atom stereocenters. The molecule has 0 bridgehead atoms. The summed E-state index contributed by atoms with van der Waals surface area (Å²) in [4.78, 5) is 0. The smallest absolute Gasteiger partial charge is 0.0577 e. The molecule has 0 heterocycles. The zero-order valence-corrected chi connectivity index (χ0v) is 5.94. The minimum absolute atomic E-state index is 0.634. The molecule has 0 amide bonds. The molecule has 0 N–H and O–H groups in total. The largest absolute Gasteiger partial charge is 0.378 e. The third kappa shape index (κ3) is 3.52. The molecule has 1 saturated carbocycles. The maximum atomic E-state index is 5.43. The second kappa shape index (κ2) is 3.89. The van der Waals surface area contributed by atoms with Crippen molar-refractivity contribution in [1.29, 1.82) is 0 Å². The van der Waals surface area contributed by atoms with E-state index in [2.05, 4.69) is 6.92 Å². The van der Waals surface area contributed by atoms with Gasteiger partial charge < -0.3 is 4.74 Å². The minimum Gasteiger partial charge on any atom is -0.378 e.